The normalized spacial score (nSPS) is 12.2. The lowest BCUT2D eigenvalue weighted by Crippen LogP contribution is -2.24. The summed E-state index contributed by atoms with van der Waals surface area (Å²) in [6.45, 7) is 2.10. The van der Waals surface area contributed by atoms with E-state index in [9.17, 15) is 9.18 Å². The van der Waals surface area contributed by atoms with E-state index < -0.39 is 0 Å². The van der Waals surface area contributed by atoms with Gasteiger partial charge in [-0.15, -0.1) is 0 Å². The Bertz CT molecular complexity index is 412. The van der Waals surface area contributed by atoms with E-state index in [1.54, 1.807) is 19.2 Å². The largest absolute Gasteiger partial charge is 0.382 e. The van der Waals surface area contributed by atoms with Crippen molar-refractivity contribution in [2.75, 3.05) is 7.11 Å². The van der Waals surface area contributed by atoms with Gasteiger partial charge in [-0.3, -0.25) is 4.79 Å². The molecular weight excluding hydrogens is 301 g/mol. The van der Waals surface area contributed by atoms with Gasteiger partial charge in [-0.2, -0.15) is 0 Å². The van der Waals surface area contributed by atoms with E-state index in [-0.39, 0.29) is 24.4 Å². The summed E-state index contributed by atoms with van der Waals surface area (Å²) >= 11 is 3.27. The molecule has 100 valence electrons. The van der Waals surface area contributed by atoms with Gasteiger partial charge < -0.3 is 10.1 Å². The van der Waals surface area contributed by atoms with Gasteiger partial charge in [0.15, 0.2) is 0 Å². The van der Waals surface area contributed by atoms with Crippen molar-refractivity contribution in [2.45, 2.75) is 32.4 Å². The maximum Gasteiger partial charge on any atom is 0.220 e. The fraction of sp³-hybridized carbons (Fsp3) is 0.462. The number of nitrogens with one attached hydrogen (secondary N) is 1. The van der Waals surface area contributed by atoms with E-state index in [1.165, 1.54) is 6.07 Å². The van der Waals surface area contributed by atoms with E-state index in [0.717, 1.165) is 4.47 Å². The molecule has 1 unspecified atom stereocenters. The summed E-state index contributed by atoms with van der Waals surface area (Å²) in [5.41, 5.74) is 0.470. The highest BCUT2D eigenvalue weighted by atomic mass is 79.9. The van der Waals surface area contributed by atoms with E-state index in [4.69, 9.17) is 4.74 Å². The first-order chi connectivity index (χ1) is 8.52. The third kappa shape index (κ3) is 5.14. The molecule has 0 aromatic heterocycles. The number of benzene rings is 1. The second-order valence-electron chi connectivity index (χ2n) is 4.10. The minimum absolute atomic E-state index is 0.0540. The van der Waals surface area contributed by atoms with Crippen molar-refractivity contribution >= 4 is 21.8 Å². The standard InChI is InChI=1S/C13H17BrFNO2/c1-9(18-2)3-6-13(17)16-8-10-7-11(14)4-5-12(10)15/h4-5,7,9H,3,6,8H2,1-2H3,(H,16,17). The molecule has 5 heteroatoms. The summed E-state index contributed by atoms with van der Waals surface area (Å²) < 4.78 is 19.2. The number of rotatable bonds is 6. The zero-order valence-corrected chi connectivity index (χ0v) is 12.1. The van der Waals surface area contributed by atoms with Gasteiger partial charge in [0.2, 0.25) is 5.91 Å². The number of carbonyl (C=O) groups is 1. The van der Waals surface area contributed by atoms with Crippen molar-refractivity contribution in [3.63, 3.8) is 0 Å². The molecule has 0 bridgehead atoms. The van der Waals surface area contributed by atoms with Crippen molar-refractivity contribution in [3.8, 4) is 0 Å². The fourth-order valence-corrected chi connectivity index (χ4v) is 1.82. The quantitative estimate of drug-likeness (QED) is 0.875. The molecule has 0 spiro atoms. The van der Waals surface area contributed by atoms with Crippen LogP contribution in [0.3, 0.4) is 0 Å². The molecule has 0 radical (unpaired) electrons. The number of ether oxygens (including phenoxy) is 1. The summed E-state index contributed by atoms with van der Waals surface area (Å²) in [7, 11) is 1.61. The molecule has 0 saturated carbocycles. The van der Waals surface area contributed by atoms with Crippen molar-refractivity contribution in [1.29, 1.82) is 0 Å². The number of hydrogen-bond donors (Lipinski definition) is 1. The molecule has 0 aliphatic heterocycles. The first-order valence-corrected chi connectivity index (χ1v) is 6.55. The predicted molar refractivity (Wildman–Crippen MR) is 71.7 cm³/mol. The van der Waals surface area contributed by atoms with E-state index in [1.807, 2.05) is 6.92 Å². The van der Waals surface area contributed by atoms with Gasteiger partial charge in [0.05, 0.1) is 6.10 Å². The van der Waals surface area contributed by atoms with Crippen molar-refractivity contribution < 1.29 is 13.9 Å². The molecule has 1 aromatic rings. The Morgan fingerprint density at radius 2 is 2.28 bits per heavy atom. The topological polar surface area (TPSA) is 38.3 Å². The molecule has 1 aromatic carbocycles. The average molecular weight is 318 g/mol. The number of hydrogen-bond acceptors (Lipinski definition) is 2. The lowest BCUT2D eigenvalue weighted by Gasteiger charge is -2.10. The molecular formula is C13H17BrFNO2. The van der Waals surface area contributed by atoms with Crippen LogP contribution in [0.2, 0.25) is 0 Å². The zero-order valence-electron chi connectivity index (χ0n) is 10.5. The zero-order chi connectivity index (χ0) is 13.5. The predicted octanol–water partition coefficient (Wildman–Crippen LogP) is 3.02. The van der Waals surface area contributed by atoms with Crippen molar-refractivity contribution in [2.24, 2.45) is 0 Å². The van der Waals surface area contributed by atoms with Gasteiger partial charge in [0.1, 0.15) is 5.82 Å². The summed E-state index contributed by atoms with van der Waals surface area (Å²) in [6.07, 6.45) is 1.09. The van der Waals surface area contributed by atoms with Crippen LogP contribution in [-0.2, 0) is 16.1 Å². The Morgan fingerprint density at radius 3 is 2.94 bits per heavy atom. The van der Waals surface area contributed by atoms with Crippen LogP contribution in [0.5, 0.6) is 0 Å². The summed E-state index contributed by atoms with van der Waals surface area (Å²) in [6, 6.07) is 4.66. The van der Waals surface area contributed by atoms with Gasteiger partial charge in [-0.25, -0.2) is 4.39 Å². The van der Waals surface area contributed by atoms with Gasteiger partial charge in [0.25, 0.3) is 0 Å². The Hall–Kier alpha value is -0.940. The van der Waals surface area contributed by atoms with Crippen LogP contribution in [0, 0.1) is 5.82 Å². The average Bonchev–Trinajstić information content (AvgIpc) is 2.36. The van der Waals surface area contributed by atoms with Crippen molar-refractivity contribution in [3.05, 3.63) is 34.1 Å². The van der Waals surface area contributed by atoms with Gasteiger partial charge in [-0.1, -0.05) is 15.9 Å². The highest BCUT2D eigenvalue weighted by Gasteiger charge is 2.07. The van der Waals surface area contributed by atoms with Gasteiger partial charge >= 0.3 is 0 Å². The first-order valence-electron chi connectivity index (χ1n) is 5.76. The third-order valence-electron chi connectivity index (χ3n) is 2.66. The molecule has 0 fully saturated rings. The maximum absolute atomic E-state index is 13.4. The van der Waals surface area contributed by atoms with Crippen LogP contribution in [0.15, 0.2) is 22.7 Å². The third-order valence-corrected chi connectivity index (χ3v) is 3.16. The van der Waals surface area contributed by atoms with E-state index in [0.29, 0.717) is 18.4 Å². The Labute approximate surface area is 115 Å². The first kappa shape index (κ1) is 15.1. The fourth-order valence-electron chi connectivity index (χ4n) is 1.41. The van der Waals surface area contributed by atoms with Crippen LogP contribution < -0.4 is 5.32 Å². The maximum atomic E-state index is 13.4. The molecule has 1 N–H and O–H groups in total. The lowest BCUT2D eigenvalue weighted by molar-refractivity contribution is -0.121. The summed E-state index contributed by atoms with van der Waals surface area (Å²) in [5.74, 6) is -0.415. The Morgan fingerprint density at radius 1 is 1.56 bits per heavy atom. The molecule has 0 aliphatic rings. The number of halogens is 2. The van der Waals surface area contributed by atoms with Crippen LogP contribution >= 0.6 is 15.9 Å². The second kappa shape index (κ2) is 7.48. The number of carbonyl (C=O) groups excluding carboxylic acids is 1. The molecule has 1 rings (SSSR count). The van der Waals surface area contributed by atoms with Crippen LogP contribution in [0.4, 0.5) is 4.39 Å². The van der Waals surface area contributed by atoms with Crippen molar-refractivity contribution in [1.82, 2.24) is 5.32 Å². The smallest absolute Gasteiger partial charge is 0.220 e. The van der Waals surface area contributed by atoms with Crippen LogP contribution in [0.1, 0.15) is 25.3 Å². The molecule has 0 aliphatic carbocycles. The molecule has 1 atom stereocenters. The Kier molecular flexibility index (Phi) is 6.29. The van der Waals surface area contributed by atoms with Crippen LogP contribution in [-0.4, -0.2) is 19.1 Å². The minimum Gasteiger partial charge on any atom is -0.382 e. The number of methoxy groups -OCH3 is 1. The monoisotopic (exact) mass is 317 g/mol. The lowest BCUT2D eigenvalue weighted by atomic mass is 10.2. The SMILES string of the molecule is COC(C)CCC(=O)NCc1cc(Br)ccc1F. The second-order valence-corrected chi connectivity index (χ2v) is 5.01. The highest BCUT2D eigenvalue weighted by molar-refractivity contribution is 9.10. The molecule has 1 amide bonds. The molecule has 3 nitrogen and oxygen atoms in total. The van der Waals surface area contributed by atoms with Gasteiger partial charge in [-0.05, 0) is 31.5 Å². The Balaban J connectivity index is 2.40. The molecule has 0 heterocycles. The summed E-state index contributed by atoms with van der Waals surface area (Å²) in [4.78, 5) is 11.5. The minimum atomic E-state index is -0.316. The van der Waals surface area contributed by atoms with Crippen LogP contribution in [0.25, 0.3) is 0 Å². The van der Waals surface area contributed by atoms with E-state index >= 15 is 0 Å². The number of amides is 1. The molecule has 0 saturated heterocycles. The summed E-state index contributed by atoms with van der Waals surface area (Å²) in [5, 5.41) is 2.69. The van der Waals surface area contributed by atoms with E-state index in [2.05, 4.69) is 21.2 Å². The van der Waals surface area contributed by atoms with Gasteiger partial charge in [0, 0.05) is 30.1 Å². The highest BCUT2D eigenvalue weighted by Crippen LogP contribution is 2.15. The molecule has 18 heavy (non-hydrogen) atoms.